The topological polar surface area (TPSA) is 107 Å². The van der Waals surface area contributed by atoms with E-state index >= 15 is 0 Å². The fraction of sp³-hybridized carbons (Fsp3) is 0.304. The van der Waals surface area contributed by atoms with Gasteiger partial charge in [0.2, 0.25) is 11.1 Å². The molecule has 2 aromatic carbocycles. The summed E-state index contributed by atoms with van der Waals surface area (Å²) in [6.45, 7) is 1.79. The van der Waals surface area contributed by atoms with Crippen LogP contribution in [0.25, 0.3) is 0 Å². The third kappa shape index (κ3) is 3.62. The number of carbonyl (C=O) groups is 3. The van der Waals surface area contributed by atoms with Gasteiger partial charge in [0.05, 0.1) is 11.3 Å². The largest absolute Gasteiger partial charge is 0.325 e. The molecule has 0 radical (unpaired) electrons. The van der Waals surface area contributed by atoms with E-state index in [1.54, 1.807) is 49.4 Å². The molecule has 1 aromatic heterocycles. The molecule has 1 fully saturated rings. The van der Waals surface area contributed by atoms with Gasteiger partial charge < -0.3 is 5.32 Å². The lowest BCUT2D eigenvalue weighted by atomic mass is 9.84. The van der Waals surface area contributed by atoms with Gasteiger partial charge in [0, 0.05) is 27.9 Å². The van der Waals surface area contributed by atoms with Crippen LogP contribution in [0.3, 0.4) is 0 Å². The summed E-state index contributed by atoms with van der Waals surface area (Å²) in [5.41, 5.74) is 1.92. The summed E-state index contributed by atoms with van der Waals surface area (Å²) < 4.78 is 1.82. The summed E-state index contributed by atoms with van der Waals surface area (Å²) in [6.07, 6.45) is 4.41. The minimum absolute atomic E-state index is 0.184. The molecule has 2 aliphatic rings. The lowest BCUT2D eigenvalue weighted by Gasteiger charge is -2.19. The first kappa shape index (κ1) is 20.6. The quantitative estimate of drug-likeness (QED) is 0.465. The Balaban J connectivity index is 1.32. The minimum Gasteiger partial charge on any atom is -0.325 e. The number of aromatic nitrogens is 4. The molecule has 3 aromatic rings. The number of rotatable bonds is 5. The van der Waals surface area contributed by atoms with E-state index in [9.17, 15) is 14.4 Å². The number of hydrogen-bond donors (Lipinski definition) is 1. The van der Waals surface area contributed by atoms with Crippen molar-refractivity contribution in [2.75, 3.05) is 5.32 Å². The van der Waals surface area contributed by atoms with Crippen LogP contribution in [0.2, 0.25) is 0 Å². The highest BCUT2D eigenvalue weighted by molar-refractivity contribution is 8.00. The highest BCUT2D eigenvalue weighted by Gasteiger charge is 2.30. The number of hydrogen-bond acceptors (Lipinski definition) is 7. The van der Waals surface area contributed by atoms with Crippen LogP contribution in [-0.4, -0.2) is 42.9 Å². The van der Waals surface area contributed by atoms with Crippen LogP contribution in [0.1, 0.15) is 70.5 Å². The van der Waals surface area contributed by atoms with Gasteiger partial charge in [-0.25, -0.2) is 4.68 Å². The van der Waals surface area contributed by atoms with E-state index in [0.29, 0.717) is 33.1 Å². The van der Waals surface area contributed by atoms with Crippen molar-refractivity contribution >= 4 is 34.9 Å². The molecule has 1 heterocycles. The van der Waals surface area contributed by atoms with Crippen molar-refractivity contribution in [3.63, 3.8) is 0 Å². The van der Waals surface area contributed by atoms with E-state index in [-0.39, 0.29) is 23.5 Å². The molecule has 2 aliphatic carbocycles. The maximum absolute atomic E-state index is 12.9. The predicted molar refractivity (Wildman–Crippen MR) is 119 cm³/mol. The van der Waals surface area contributed by atoms with Crippen molar-refractivity contribution in [3.8, 4) is 0 Å². The number of nitrogens with one attached hydrogen (secondary N) is 1. The van der Waals surface area contributed by atoms with Crippen LogP contribution in [-0.2, 0) is 4.79 Å². The van der Waals surface area contributed by atoms with Gasteiger partial charge in [0.15, 0.2) is 11.6 Å². The number of nitrogens with zero attached hydrogens (tertiary/aromatic N) is 4. The van der Waals surface area contributed by atoms with Crippen LogP contribution < -0.4 is 5.32 Å². The molecule has 5 rings (SSSR count). The van der Waals surface area contributed by atoms with Gasteiger partial charge in [-0.1, -0.05) is 48.9 Å². The molecule has 0 spiro atoms. The van der Waals surface area contributed by atoms with Gasteiger partial charge >= 0.3 is 0 Å². The lowest BCUT2D eigenvalue weighted by Crippen LogP contribution is -2.24. The number of anilines is 1. The summed E-state index contributed by atoms with van der Waals surface area (Å²) in [7, 11) is 0. The second kappa shape index (κ2) is 8.31. The third-order valence-corrected chi connectivity index (χ3v) is 7.02. The van der Waals surface area contributed by atoms with Gasteiger partial charge in [-0.2, -0.15) is 0 Å². The molecule has 0 saturated heterocycles. The molecule has 1 amide bonds. The van der Waals surface area contributed by atoms with Crippen LogP contribution in [0, 0.1) is 0 Å². The SMILES string of the molecule is CC(Sc1nnnn1C1CCCC1)C(=O)Nc1ccc2c(c1)C(=O)c1ccccc1C2=O. The molecular formula is C23H21N5O3S. The van der Waals surface area contributed by atoms with Crippen molar-refractivity contribution in [1.29, 1.82) is 0 Å². The Morgan fingerprint density at radius 3 is 2.41 bits per heavy atom. The summed E-state index contributed by atoms with van der Waals surface area (Å²) >= 11 is 1.31. The summed E-state index contributed by atoms with van der Waals surface area (Å²) in [5, 5.41) is 15.0. The van der Waals surface area contributed by atoms with Gasteiger partial charge in [0.25, 0.3) is 0 Å². The Hall–Kier alpha value is -3.33. The summed E-state index contributed by atoms with van der Waals surface area (Å²) in [5.74, 6) is -0.633. The maximum atomic E-state index is 12.9. The molecule has 8 nitrogen and oxygen atoms in total. The van der Waals surface area contributed by atoms with E-state index in [1.807, 2.05) is 4.68 Å². The summed E-state index contributed by atoms with van der Waals surface area (Å²) in [4.78, 5) is 38.5. The Bertz CT molecular complexity index is 1230. The lowest BCUT2D eigenvalue weighted by molar-refractivity contribution is -0.115. The zero-order chi connectivity index (χ0) is 22.2. The molecular weight excluding hydrogens is 426 g/mol. The minimum atomic E-state index is -0.449. The number of tetrazole rings is 1. The number of fused-ring (bicyclic) bond motifs is 2. The molecule has 9 heteroatoms. The van der Waals surface area contributed by atoms with Crippen molar-refractivity contribution in [2.45, 2.75) is 49.1 Å². The second-order valence-electron chi connectivity index (χ2n) is 8.06. The van der Waals surface area contributed by atoms with Crippen molar-refractivity contribution < 1.29 is 14.4 Å². The fourth-order valence-corrected chi connectivity index (χ4v) is 5.13. The first-order valence-electron chi connectivity index (χ1n) is 10.6. The van der Waals surface area contributed by atoms with Crippen LogP contribution >= 0.6 is 11.8 Å². The van der Waals surface area contributed by atoms with Gasteiger partial charge in [-0.05, 0) is 48.4 Å². The maximum Gasteiger partial charge on any atom is 0.237 e. The second-order valence-corrected chi connectivity index (χ2v) is 9.37. The predicted octanol–water partition coefficient (Wildman–Crippen LogP) is 3.68. The monoisotopic (exact) mass is 447 g/mol. The zero-order valence-electron chi connectivity index (χ0n) is 17.4. The van der Waals surface area contributed by atoms with Gasteiger partial charge in [0.1, 0.15) is 0 Å². The highest BCUT2D eigenvalue weighted by atomic mass is 32.2. The Morgan fingerprint density at radius 1 is 1.03 bits per heavy atom. The van der Waals surface area contributed by atoms with E-state index in [4.69, 9.17) is 0 Å². The molecule has 1 saturated carbocycles. The molecule has 0 aliphatic heterocycles. The van der Waals surface area contributed by atoms with E-state index in [2.05, 4.69) is 20.8 Å². The van der Waals surface area contributed by atoms with E-state index in [1.165, 1.54) is 11.8 Å². The van der Waals surface area contributed by atoms with Crippen LogP contribution in [0.5, 0.6) is 0 Å². The van der Waals surface area contributed by atoms with Gasteiger partial charge in [-0.3, -0.25) is 14.4 Å². The van der Waals surface area contributed by atoms with Crippen LogP contribution in [0.4, 0.5) is 5.69 Å². The molecule has 0 bridgehead atoms. The molecule has 1 N–H and O–H groups in total. The standard InChI is InChI=1S/C23H21N5O3S/c1-13(32-23-25-26-27-28(23)15-6-2-3-7-15)22(31)24-14-10-11-18-19(12-14)21(30)17-9-5-4-8-16(17)20(18)29/h4-5,8-13,15H,2-3,6-7H2,1H3,(H,24,31). The molecule has 32 heavy (non-hydrogen) atoms. The molecule has 1 unspecified atom stereocenters. The number of ketones is 2. The number of thioether (sulfide) groups is 1. The Kier molecular flexibility index (Phi) is 5.34. The average Bonchev–Trinajstić information content (AvgIpc) is 3.49. The van der Waals surface area contributed by atoms with Crippen LogP contribution in [0.15, 0.2) is 47.6 Å². The number of benzene rings is 2. The Morgan fingerprint density at radius 2 is 1.69 bits per heavy atom. The van der Waals surface area contributed by atoms with Crippen molar-refractivity contribution in [1.82, 2.24) is 20.2 Å². The fourth-order valence-electron chi connectivity index (χ4n) is 4.27. The Labute approximate surface area is 188 Å². The first-order chi connectivity index (χ1) is 15.5. The van der Waals surface area contributed by atoms with E-state index < -0.39 is 5.25 Å². The van der Waals surface area contributed by atoms with Crippen molar-refractivity contribution in [3.05, 3.63) is 64.7 Å². The van der Waals surface area contributed by atoms with Crippen molar-refractivity contribution in [2.24, 2.45) is 0 Å². The highest BCUT2D eigenvalue weighted by Crippen LogP contribution is 2.33. The average molecular weight is 448 g/mol. The number of amides is 1. The smallest absolute Gasteiger partial charge is 0.237 e. The number of carbonyl (C=O) groups excluding carboxylic acids is 3. The molecule has 162 valence electrons. The third-order valence-electron chi connectivity index (χ3n) is 5.98. The van der Waals surface area contributed by atoms with Gasteiger partial charge in [-0.15, -0.1) is 5.10 Å². The molecule has 1 atom stereocenters. The normalized spacial score (nSPS) is 16.5. The summed E-state index contributed by atoms with van der Waals surface area (Å²) in [6, 6.07) is 11.9. The zero-order valence-corrected chi connectivity index (χ0v) is 18.3. The van der Waals surface area contributed by atoms with E-state index in [0.717, 1.165) is 25.7 Å². The first-order valence-corrected chi connectivity index (χ1v) is 11.5.